The molecule has 8 nitrogen and oxygen atoms in total. The van der Waals surface area contributed by atoms with Gasteiger partial charge in [0.1, 0.15) is 0 Å². The van der Waals surface area contributed by atoms with Crippen LogP contribution in [-0.2, 0) is 9.13 Å². The van der Waals surface area contributed by atoms with Gasteiger partial charge in [-0.05, 0) is 18.2 Å². The number of hydrogen-bond donors (Lipinski definition) is 6. The normalized spacial score (nSPS) is 10.8. The van der Waals surface area contributed by atoms with Crippen LogP contribution < -0.4 is 0 Å². The zero-order valence-corrected chi connectivity index (χ0v) is 15.3. The Labute approximate surface area is 133 Å². The van der Waals surface area contributed by atoms with E-state index in [1.807, 2.05) is 18.2 Å². The van der Waals surface area contributed by atoms with Gasteiger partial charge in [0.15, 0.2) is 0 Å². The molecule has 0 saturated carbocycles. The van der Waals surface area contributed by atoms with Crippen LogP contribution in [0.4, 0.5) is 0 Å². The molecule has 0 aliphatic carbocycles. The van der Waals surface area contributed by atoms with Crippen LogP contribution in [0.5, 0.6) is 0 Å². The summed E-state index contributed by atoms with van der Waals surface area (Å²) in [5, 5.41) is 0. The van der Waals surface area contributed by atoms with Gasteiger partial charge in [-0.15, -0.1) is 0 Å². The van der Waals surface area contributed by atoms with Crippen LogP contribution in [0.3, 0.4) is 0 Å². The van der Waals surface area contributed by atoms with Crippen molar-refractivity contribution in [2.75, 3.05) is 0 Å². The maximum absolute atomic E-state index is 8.88. The fourth-order valence-corrected chi connectivity index (χ4v) is 2.92. The molecule has 1 aromatic carbocycles. The molecule has 0 saturated heterocycles. The third kappa shape index (κ3) is 32.4. The van der Waals surface area contributed by atoms with Gasteiger partial charge >= 0.3 is 15.6 Å². The Morgan fingerprint density at radius 3 is 0.842 bits per heavy atom. The molecule has 1 rings (SSSR count). The third-order valence-electron chi connectivity index (χ3n) is 0.827. The number of rotatable bonds is 0. The summed E-state index contributed by atoms with van der Waals surface area (Å²) in [5.74, 6) is 0. The molecule has 13 heteroatoms. The fraction of sp³-hybridized carbons (Fsp3) is 0. The van der Waals surface area contributed by atoms with E-state index >= 15 is 0 Å². The van der Waals surface area contributed by atoms with E-state index in [0.717, 1.165) is 13.4 Å². The lowest BCUT2D eigenvalue weighted by molar-refractivity contribution is 0.272. The molecule has 0 fully saturated rings. The van der Waals surface area contributed by atoms with Gasteiger partial charge in [-0.1, -0.05) is 47.8 Å². The van der Waals surface area contributed by atoms with Crippen molar-refractivity contribution in [1.29, 1.82) is 0 Å². The van der Waals surface area contributed by atoms with Crippen LogP contribution in [0.15, 0.2) is 31.6 Å². The van der Waals surface area contributed by atoms with Gasteiger partial charge < -0.3 is 29.4 Å². The van der Waals surface area contributed by atoms with E-state index in [0.29, 0.717) is 0 Å². The van der Waals surface area contributed by atoms with Gasteiger partial charge in [-0.25, -0.2) is 9.13 Å². The minimum atomic E-state index is -4.64. The molecule has 0 bridgehead atoms. The van der Waals surface area contributed by atoms with Gasteiger partial charge in [-0.2, -0.15) is 0 Å². The van der Waals surface area contributed by atoms with Gasteiger partial charge in [-0.3, -0.25) is 0 Å². The first-order chi connectivity index (χ1) is 8.18. The first kappa shape index (κ1) is 22.2. The summed E-state index contributed by atoms with van der Waals surface area (Å²) in [6, 6.07) is 5.97. The summed E-state index contributed by atoms with van der Waals surface area (Å²) >= 11 is 10.1. The van der Waals surface area contributed by atoms with Crippen molar-refractivity contribution in [2.24, 2.45) is 0 Å². The van der Waals surface area contributed by atoms with E-state index in [-0.39, 0.29) is 0 Å². The highest BCUT2D eigenvalue weighted by molar-refractivity contribution is 9.11. The smallest absolute Gasteiger partial charge is 0.303 e. The minimum absolute atomic E-state index is 1.07. The monoisotopic (exact) mass is 508 g/mol. The lowest BCUT2D eigenvalue weighted by Crippen LogP contribution is -1.66. The predicted octanol–water partition coefficient (Wildman–Crippen LogP) is 2.12. The Kier molecular flexibility index (Phi) is 11.4. The lowest BCUT2D eigenvalue weighted by atomic mass is 10.4. The van der Waals surface area contributed by atoms with Crippen molar-refractivity contribution in [3.05, 3.63) is 31.6 Å². The van der Waals surface area contributed by atoms with E-state index in [9.17, 15) is 0 Å². The van der Waals surface area contributed by atoms with Crippen LogP contribution in [0.2, 0.25) is 0 Å². The molecule has 0 aromatic heterocycles. The number of phosphoric acid groups is 2. The fourth-order valence-electron chi connectivity index (χ4n) is 0.520. The molecule has 0 aliphatic heterocycles. The summed E-state index contributed by atoms with van der Waals surface area (Å²) < 4.78 is 21.0. The largest absolute Gasteiger partial charge is 0.466 e. The maximum Gasteiger partial charge on any atom is 0.466 e. The molecule has 0 amide bonds. The quantitative estimate of drug-likeness (QED) is 0.290. The molecule has 6 N–H and O–H groups in total. The molecule has 0 heterocycles. The zero-order valence-electron chi connectivity index (χ0n) is 8.76. The molecule has 0 aliphatic rings. The number of hydrogen-bond acceptors (Lipinski definition) is 2. The molecule has 19 heavy (non-hydrogen) atoms. The van der Waals surface area contributed by atoms with Crippen LogP contribution in [-0.4, -0.2) is 29.4 Å². The highest BCUT2D eigenvalue weighted by Gasteiger charge is 2.00. The molecule has 112 valence electrons. The van der Waals surface area contributed by atoms with E-state index in [1.54, 1.807) is 0 Å². The Morgan fingerprint density at radius 2 is 0.737 bits per heavy atom. The van der Waals surface area contributed by atoms with E-state index in [2.05, 4.69) is 47.8 Å². The SMILES string of the molecule is Brc1cc(Br)cc(Br)c1.O=P(O)(O)O.O=P(O)(O)O. The second-order valence-corrected chi connectivity index (χ2v) is 7.41. The minimum Gasteiger partial charge on any atom is -0.303 e. The van der Waals surface area contributed by atoms with Gasteiger partial charge in [0.25, 0.3) is 0 Å². The van der Waals surface area contributed by atoms with Crippen LogP contribution in [0.1, 0.15) is 0 Å². The van der Waals surface area contributed by atoms with Crippen molar-refractivity contribution in [1.82, 2.24) is 0 Å². The predicted molar refractivity (Wildman–Crippen MR) is 78.1 cm³/mol. The highest BCUT2D eigenvalue weighted by atomic mass is 79.9. The Morgan fingerprint density at radius 1 is 0.632 bits per heavy atom. The second-order valence-electron chi connectivity index (χ2n) is 2.61. The first-order valence-corrected chi connectivity index (χ1v) is 9.37. The standard InChI is InChI=1S/C6H3Br3.2H3O4P/c7-4-1-5(8)3-6(9)2-4;2*1-5(2,3)4/h1-3H;2*(H3,1,2,3,4). The molecular formula is C6H9Br3O8P2. The Hall–Kier alpha value is 0.880. The summed E-state index contributed by atoms with van der Waals surface area (Å²) in [4.78, 5) is 43.1. The van der Waals surface area contributed by atoms with Crippen molar-refractivity contribution in [3.63, 3.8) is 0 Å². The van der Waals surface area contributed by atoms with Crippen LogP contribution >= 0.6 is 63.4 Å². The molecule has 0 radical (unpaired) electrons. The summed E-state index contributed by atoms with van der Waals surface area (Å²) in [6.07, 6.45) is 0. The average molecular weight is 511 g/mol. The second kappa shape index (κ2) is 9.75. The molecule has 0 unspecified atom stereocenters. The first-order valence-electron chi connectivity index (χ1n) is 3.86. The summed E-state index contributed by atoms with van der Waals surface area (Å²) in [6.45, 7) is 0. The van der Waals surface area contributed by atoms with E-state index < -0.39 is 15.6 Å². The molecular weight excluding hydrogens is 502 g/mol. The highest BCUT2D eigenvalue weighted by Crippen LogP contribution is 2.26. The van der Waals surface area contributed by atoms with Crippen molar-refractivity contribution >= 4 is 63.4 Å². The molecule has 1 aromatic rings. The Balaban J connectivity index is 0. The summed E-state index contributed by atoms with van der Waals surface area (Å²) in [7, 11) is -9.28. The number of benzene rings is 1. The number of halogens is 3. The van der Waals surface area contributed by atoms with Crippen LogP contribution in [0.25, 0.3) is 0 Å². The molecule has 0 spiro atoms. The van der Waals surface area contributed by atoms with E-state index in [1.165, 1.54) is 0 Å². The van der Waals surface area contributed by atoms with Gasteiger partial charge in [0.05, 0.1) is 0 Å². The third-order valence-corrected chi connectivity index (χ3v) is 2.20. The van der Waals surface area contributed by atoms with Crippen molar-refractivity contribution in [3.8, 4) is 0 Å². The topological polar surface area (TPSA) is 156 Å². The van der Waals surface area contributed by atoms with E-state index in [4.69, 9.17) is 38.5 Å². The summed E-state index contributed by atoms with van der Waals surface area (Å²) in [5.41, 5.74) is 0. The molecule has 0 atom stereocenters. The van der Waals surface area contributed by atoms with Crippen LogP contribution in [0, 0.1) is 0 Å². The van der Waals surface area contributed by atoms with Crippen molar-refractivity contribution in [2.45, 2.75) is 0 Å². The van der Waals surface area contributed by atoms with Gasteiger partial charge in [0, 0.05) is 13.4 Å². The average Bonchev–Trinajstić information content (AvgIpc) is 1.91. The lowest BCUT2D eigenvalue weighted by Gasteiger charge is -1.92. The maximum atomic E-state index is 8.88. The van der Waals surface area contributed by atoms with Crippen molar-refractivity contribution < 1.29 is 38.5 Å². The Bertz CT molecular complexity index is 396. The zero-order chi connectivity index (χ0) is 15.9. The van der Waals surface area contributed by atoms with Gasteiger partial charge in [0.2, 0.25) is 0 Å².